The van der Waals surface area contributed by atoms with Crippen molar-refractivity contribution in [3.05, 3.63) is 34.2 Å². The number of nitrogens with zero attached hydrogens (tertiary/aromatic N) is 2. The third kappa shape index (κ3) is 3.00. The summed E-state index contributed by atoms with van der Waals surface area (Å²) >= 11 is 5.77. The maximum absolute atomic E-state index is 13.1. The molecule has 2 aromatic heterocycles. The lowest BCUT2D eigenvalue weighted by atomic mass is 10.2. The van der Waals surface area contributed by atoms with E-state index in [1.54, 1.807) is 0 Å². The Morgan fingerprint density at radius 3 is 2.68 bits per heavy atom. The quantitative estimate of drug-likeness (QED) is 0.828. The van der Waals surface area contributed by atoms with Crippen molar-refractivity contribution >= 4 is 23.2 Å². The van der Waals surface area contributed by atoms with Crippen LogP contribution in [-0.4, -0.2) is 32.2 Å². The molecule has 0 unspecified atom stereocenters. The van der Waals surface area contributed by atoms with Crippen LogP contribution in [-0.2, 0) is 6.18 Å². The molecule has 9 heteroatoms. The van der Waals surface area contributed by atoms with Crippen molar-refractivity contribution in [1.29, 1.82) is 0 Å². The molecule has 0 aliphatic carbocycles. The minimum atomic E-state index is -4.75. The highest BCUT2D eigenvalue weighted by molar-refractivity contribution is 6.32. The summed E-state index contributed by atoms with van der Waals surface area (Å²) in [5, 5.41) is 17.1. The Morgan fingerprint density at radius 1 is 1.45 bits per heavy atom. The zero-order valence-electron chi connectivity index (χ0n) is 10.8. The number of aliphatic hydroxyl groups is 1. The first-order chi connectivity index (χ1) is 10.3. The largest absolute Gasteiger partial charge is 0.476 e. The zero-order chi connectivity index (χ0) is 16.5. The van der Waals surface area contributed by atoms with E-state index in [0.717, 1.165) is 16.7 Å². The van der Waals surface area contributed by atoms with Gasteiger partial charge in [0.05, 0.1) is 6.61 Å². The minimum absolute atomic E-state index is 0.0236. The van der Waals surface area contributed by atoms with Crippen LogP contribution in [0.2, 0.25) is 5.15 Å². The third-order valence-corrected chi connectivity index (χ3v) is 3.00. The summed E-state index contributed by atoms with van der Waals surface area (Å²) in [6.45, 7) is -0.226. The molecule has 2 rings (SSSR count). The molecule has 0 aromatic carbocycles. The Bertz CT molecular complexity index is 803. The van der Waals surface area contributed by atoms with E-state index >= 15 is 0 Å². The fourth-order valence-corrected chi connectivity index (χ4v) is 2.00. The topological polar surface area (TPSA) is 74.8 Å². The van der Waals surface area contributed by atoms with Crippen LogP contribution in [0.25, 0.3) is 5.65 Å². The highest BCUT2D eigenvalue weighted by atomic mass is 35.5. The van der Waals surface area contributed by atoms with Gasteiger partial charge in [0.2, 0.25) is 0 Å². The van der Waals surface area contributed by atoms with E-state index in [-0.39, 0.29) is 18.6 Å². The number of imidazole rings is 1. The minimum Gasteiger partial charge on any atom is -0.476 e. The normalized spacial score (nSPS) is 11.3. The van der Waals surface area contributed by atoms with Gasteiger partial charge in [-0.25, -0.2) is 9.78 Å². The summed E-state index contributed by atoms with van der Waals surface area (Å²) < 4.78 is 40.1. The zero-order valence-corrected chi connectivity index (χ0v) is 11.5. The molecule has 2 N–H and O–H groups in total. The van der Waals surface area contributed by atoms with Gasteiger partial charge in [0.15, 0.2) is 11.3 Å². The van der Waals surface area contributed by atoms with Gasteiger partial charge >= 0.3 is 12.1 Å². The predicted molar refractivity (Wildman–Crippen MR) is 70.7 cm³/mol. The highest BCUT2D eigenvalue weighted by Crippen LogP contribution is 2.34. The first kappa shape index (κ1) is 16.1. The van der Waals surface area contributed by atoms with Crippen LogP contribution < -0.4 is 0 Å². The van der Waals surface area contributed by atoms with Gasteiger partial charge in [-0.05, 0) is 6.07 Å². The number of hydrogen-bond donors (Lipinski definition) is 2. The molecule has 116 valence electrons. The maximum Gasteiger partial charge on any atom is 0.420 e. The summed E-state index contributed by atoms with van der Waals surface area (Å²) in [5.41, 5.74) is -2.45. The Hall–Kier alpha value is -2.24. The van der Waals surface area contributed by atoms with E-state index in [2.05, 4.69) is 16.8 Å². The first-order valence-corrected chi connectivity index (χ1v) is 6.25. The van der Waals surface area contributed by atoms with E-state index in [4.69, 9.17) is 21.8 Å². The summed E-state index contributed by atoms with van der Waals surface area (Å²) in [4.78, 5) is 14.4. The van der Waals surface area contributed by atoms with Crippen molar-refractivity contribution in [3.63, 3.8) is 0 Å². The summed E-state index contributed by atoms with van der Waals surface area (Å²) in [5.74, 6) is 3.40. The van der Waals surface area contributed by atoms with Crippen LogP contribution in [0.1, 0.15) is 28.0 Å². The average molecular weight is 333 g/mol. The van der Waals surface area contributed by atoms with Gasteiger partial charge in [-0.1, -0.05) is 23.4 Å². The molecule has 0 aliphatic heterocycles. The fraction of sp³-hybridized carbons (Fsp3) is 0.231. The van der Waals surface area contributed by atoms with Crippen molar-refractivity contribution in [3.8, 4) is 11.8 Å². The lowest BCUT2D eigenvalue weighted by Crippen LogP contribution is -2.08. The number of hydrogen-bond acceptors (Lipinski definition) is 3. The number of rotatable bonds is 2. The number of carboxylic acid groups (broad SMARTS) is 1. The fourth-order valence-electron chi connectivity index (χ4n) is 1.75. The highest BCUT2D eigenvalue weighted by Gasteiger charge is 2.35. The molecule has 0 atom stereocenters. The summed E-state index contributed by atoms with van der Waals surface area (Å²) in [7, 11) is 0. The Kier molecular flexibility index (Phi) is 4.30. The number of aliphatic hydroxyl groups excluding tert-OH is 1. The van der Waals surface area contributed by atoms with Crippen molar-refractivity contribution in [2.24, 2.45) is 0 Å². The summed E-state index contributed by atoms with van der Waals surface area (Å²) in [6.07, 6.45) is -3.49. The lowest BCUT2D eigenvalue weighted by molar-refractivity contribution is -0.136. The second-order valence-electron chi connectivity index (χ2n) is 4.17. The Balaban J connectivity index is 2.76. The first-order valence-electron chi connectivity index (χ1n) is 5.87. The second kappa shape index (κ2) is 5.87. The molecule has 0 radical (unpaired) electrons. The van der Waals surface area contributed by atoms with Gasteiger partial charge in [0, 0.05) is 18.2 Å². The summed E-state index contributed by atoms with van der Waals surface area (Å²) in [6, 6.07) is 0.759. The van der Waals surface area contributed by atoms with Gasteiger partial charge in [0.1, 0.15) is 10.7 Å². The number of fused-ring (bicyclic) bond motifs is 1. The molecule has 0 aliphatic rings. The van der Waals surface area contributed by atoms with E-state index in [0.29, 0.717) is 0 Å². The van der Waals surface area contributed by atoms with Crippen molar-refractivity contribution in [1.82, 2.24) is 9.38 Å². The lowest BCUT2D eigenvalue weighted by Gasteiger charge is -2.09. The molecule has 0 spiro atoms. The molecule has 0 saturated heterocycles. The molecular formula is C13H8ClF3N2O3. The number of aromatic nitrogens is 2. The molecule has 0 amide bonds. The van der Waals surface area contributed by atoms with Gasteiger partial charge in [-0.3, -0.25) is 4.40 Å². The van der Waals surface area contributed by atoms with Gasteiger partial charge in [0.25, 0.3) is 0 Å². The van der Waals surface area contributed by atoms with Gasteiger partial charge < -0.3 is 10.2 Å². The number of aromatic carboxylic acids is 1. The van der Waals surface area contributed by atoms with Crippen LogP contribution in [0.3, 0.4) is 0 Å². The molecule has 0 bridgehead atoms. The van der Waals surface area contributed by atoms with Crippen LogP contribution in [0, 0.1) is 11.8 Å². The third-order valence-electron chi connectivity index (χ3n) is 2.64. The van der Waals surface area contributed by atoms with E-state index in [1.165, 1.54) is 0 Å². The molecule has 5 nitrogen and oxygen atoms in total. The number of alkyl halides is 3. The van der Waals surface area contributed by atoms with Crippen LogP contribution >= 0.6 is 11.6 Å². The molecule has 22 heavy (non-hydrogen) atoms. The number of pyridine rings is 1. The van der Waals surface area contributed by atoms with Crippen LogP contribution in [0.15, 0.2) is 12.3 Å². The SMILES string of the molecule is O=C(O)c1nc2c(C(F)(F)F)cc(C#CCCO)cn2c1Cl. The molecular weight excluding hydrogens is 325 g/mol. The second-order valence-corrected chi connectivity index (χ2v) is 4.52. The Morgan fingerprint density at radius 2 is 2.14 bits per heavy atom. The molecule has 2 heterocycles. The van der Waals surface area contributed by atoms with Gasteiger partial charge in [-0.2, -0.15) is 13.2 Å². The smallest absolute Gasteiger partial charge is 0.420 e. The monoisotopic (exact) mass is 332 g/mol. The molecule has 2 aromatic rings. The molecule has 0 fully saturated rings. The maximum atomic E-state index is 13.1. The number of carbonyl (C=O) groups is 1. The van der Waals surface area contributed by atoms with E-state index in [9.17, 15) is 18.0 Å². The van der Waals surface area contributed by atoms with Crippen molar-refractivity contribution in [2.75, 3.05) is 6.61 Å². The van der Waals surface area contributed by atoms with Crippen LogP contribution in [0.5, 0.6) is 0 Å². The van der Waals surface area contributed by atoms with E-state index < -0.39 is 34.2 Å². The van der Waals surface area contributed by atoms with Crippen molar-refractivity contribution in [2.45, 2.75) is 12.6 Å². The predicted octanol–water partition coefficient (Wildman–Crippen LogP) is 2.44. The van der Waals surface area contributed by atoms with E-state index in [1.807, 2.05) is 0 Å². The molecule has 0 saturated carbocycles. The van der Waals surface area contributed by atoms with Crippen LogP contribution in [0.4, 0.5) is 13.2 Å². The standard InChI is InChI=1S/C13H8ClF3N2O3/c14-10-9(12(21)22)18-11-8(13(15,16)17)5-7(6-19(10)11)3-1-2-4-20/h5-6,20H,2,4H2,(H,21,22). The number of halogens is 4. The Labute approximate surface area is 127 Å². The van der Waals surface area contributed by atoms with Gasteiger partial charge in [-0.15, -0.1) is 0 Å². The average Bonchev–Trinajstić information content (AvgIpc) is 2.75. The number of carboxylic acids is 1. The van der Waals surface area contributed by atoms with Crippen molar-refractivity contribution < 1.29 is 28.2 Å².